The summed E-state index contributed by atoms with van der Waals surface area (Å²) in [4.78, 5) is 10.8. The molecule has 0 radical (unpaired) electrons. The van der Waals surface area contributed by atoms with Crippen LogP contribution in [0, 0.1) is 0 Å². The summed E-state index contributed by atoms with van der Waals surface area (Å²) in [7, 11) is 0. The zero-order valence-electron chi connectivity index (χ0n) is 6.74. The van der Waals surface area contributed by atoms with E-state index in [1.807, 2.05) is 0 Å². The molecule has 0 amide bonds. The molecule has 0 aromatic carbocycles. The van der Waals surface area contributed by atoms with Crippen molar-refractivity contribution < 1.29 is 26.7 Å². The average Bonchev–Trinajstić information content (AvgIpc) is 2.48. The Morgan fingerprint density at radius 1 is 1.27 bits per heavy atom. The maximum atomic E-state index is 12.5. The highest BCUT2D eigenvalue weighted by molar-refractivity contribution is 7.14. The summed E-state index contributed by atoms with van der Waals surface area (Å²) in [5, 5.41) is 1.15. The van der Waals surface area contributed by atoms with Gasteiger partial charge in [0.05, 0.1) is 5.56 Å². The summed E-state index contributed by atoms with van der Waals surface area (Å²) < 4.78 is 60.1. The van der Waals surface area contributed by atoms with Crippen molar-refractivity contribution in [3.05, 3.63) is 21.3 Å². The Morgan fingerprint density at radius 2 is 1.80 bits per heavy atom. The molecular weight excluding hydrogens is 263 g/mol. The third-order valence-electron chi connectivity index (χ3n) is 1.50. The molecule has 0 unspecified atom stereocenters. The van der Waals surface area contributed by atoms with Crippen molar-refractivity contribution in [2.75, 3.05) is 0 Å². The van der Waals surface area contributed by atoms with Crippen LogP contribution in [-0.2, 0) is 0 Å². The lowest BCUT2D eigenvalue weighted by Crippen LogP contribution is -2.44. The van der Waals surface area contributed by atoms with Gasteiger partial charge in [0.1, 0.15) is 4.34 Å². The van der Waals surface area contributed by atoms with Crippen molar-refractivity contribution in [3.8, 4) is 0 Å². The van der Waals surface area contributed by atoms with Crippen molar-refractivity contribution in [1.29, 1.82) is 0 Å². The number of halogens is 6. The first-order valence-corrected chi connectivity index (χ1v) is 4.66. The van der Waals surface area contributed by atoms with E-state index < -0.39 is 23.4 Å². The lowest BCUT2D eigenvalue weighted by Gasteiger charge is -2.17. The highest BCUT2D eigenvalue weighted by atomic mass is 35.5. The molecule has 1 aromatic heterocycles. The van der Waals surface area contributed by atoms with Gasteiger partial charge in [0, 0.05) is 0 Å². The van der Waals surface area contributed by atoms with E-state index in [2.05, 4.69) is 0 Å². The first-order chi connectivity index (χ1) is 6.68. The van der Waals surface area contributed by atoms with Crippen LogP contribution in [0.25, 0.3) is 0 Å². The summed E-state index contributed by atoms with van der Waals surface area (Å²) in [5.74, 6) is -7.74. The molecule has 0 N–H and O–H groups in total. The number of carbonyl (C=O) groups excluding carboxylic acids is 1. The number of alkyl halides is 5. The zero-order valence-corrected chi connectivity index (χ0v) is 8.31. The van der Waals surface area contributed by atoms with Crippen LogP contribution in [0.1, 0.15) is 10.4 Å². The van der Waals surface area contributed by atoms with Crippen LogP contribution in [0.2, 0.25) is 4.34 Å². The maximum Gasteiger partial charge on any atom is 0.461 e. The van der Waals surface area contributed by atoms with Gasteiger partial charge in [-0.15, -0.1) is 11.3 Å². The minimum Gasteiger partial charge on any atom is -0.287 e. The van der Waals surface area contributed by atoms with Gasteiger partial charge in [-0.05, 0) is 11.4 Å². The average molecular weight is 265 g/mol. The van der Waals surface area contributed by atoms with Crippen molar-refractivity contribution in [2.24, 2.45) is 0 Å². The van der Waals surface area contributed by atoms with Gasteiger partial charge in [0.2, 0.25) is 5.78 Å². The maximum absolute atomic E-state index is 12.5. The predicted molar refractivity (Wildman–Crippen MR) is 44.7 cm³/mol. The zero-order chi connectivity index (χ0) is 11.9. The number of Topliss-reactive ketones (excluding diaryl/α,β-unsaturated/α-hetero) is 1. The van der Waals surface area contributed by atoms with Crippen LogP contribution in [0.4, 0.5) is 22.0 Å². The molecule has 1 rings (SSSR count). The van der Waals surface area contributed by atoms with Gasteiger partial charge in [-0.2, -0.15) is 22.0 Å². The molecule has 0 spiro atoms. The molecule has 0 bridgehead atoms. The number of thiophene rings is 1. The molecule has 8 heteroatoms. The molecule has 1 aromatic rings. The van der Waals surface area contributed by atoms with Crippen LogP contribution in [0.15, 0.2) is 11.4 Å². The van der Waals surface area contributed by atoms with E-state index in [-0.39, 0.29) is 4.34 Å². The topological polar surface area (TPSA) is 17.1 Å². The number of hydrogen-bond donors (Lipinski definition) is 0. The highest BCUT2D eigenvalue weighted by Gasteiger charge is 2.63. The van der Waals surface area contributed by atoms with Gasteiger partial charge in [-0.3, -0.25) is 4.79 Å². The highest BCUT2D eigenvalue weighted by Crippen LogP contribution is 2.39. The molecule has 0 saturated carbocycles. The van der Waals surface area contributed by atoms with Gasteiger partial charge in [-0.25, -0.2) is 0 Å². The molecule has 0 fully saturated rings. The lowest BCUT2D eigenvalue weighted by molar-refractivity contribution is -0.255. The molecule has 84 valence electrons. The Bertz CT molecular complexity index is 383. The van der Waals surface area contributed by atoms with Gasteiger partial charge in [0.25, 0.3) is 0 Å². The Labute approximate surface area is 89.5 Å². The first-order valence-electron chi connectivity index (χ1n) is 3.40. The molecule has 0 saturated heterocycles. The van der Waals surface area contributed by atoms with Crippen LogP contribution < -0.4 is 0 Å². The number of rotatable bonds is 2. The molecule has 1 nitrogen and oxygen atoms in total. The number of carbonyl (C=O) groups is 1. The summed E-state index contributed by atoms with van der Waals surface area (Å²) in [6.45, 7) is 0. The Balaban J connectivity index is 3.11. The van der Waals surface area contributed by atoms with Crippen molar-refractivity contribution in [1.82, 2.24) is 0 Å². The number of ketones is 1. The smallest absolute Gasteiger partial charge is 0.287 e. The number of hydrogen-bond acceptors (Lipinski definition) is 2. The third-order valence-corrected chi connectivity index (χ3v) is 2.67. The predicted octanol–water partition coefficient (Wildman–Crippen LogP) is 3.78. The molecule has 0 aliphatic carbocycles. The second-order valence-electron chi connectivity index (χ2n) is 2.51. The molecule has 1 heterocycles. The van der Waals surface area contributed by atoms with Crippen LogP contribution in [0.3, 0.4) is 0 Å². The molecular formula is C7H2ClF5OS. The fraction of sp³-hybridized carbons (Fsp3) is 0.286. The van der Waals surface area contributed by atoms with Gasteiger partial charge in [-0.1, -0.05) is 11.6 Å². The van der Waals surface area contributed by atoms with E-state index >= 15 is 0 Å². The summed E-state index contributed by atoms with van der Waals surface area (Å²) in [6.07, 6.45) is -5.91. The summed E-state index contributed by atoms with van der Waals surface area (Å²) in [5.41, 5.74) is -0.816. The van der Waals surface area contributed by atoms with E-state index in [9.17, 15) is 26.7 Å². The van der Waals surface area contributed by atoms with E-state index in [0.29, 0.717) is 11.3 Å². The minimum absolute atomic E-state index is 0.385. The Hall–Kier alpha value is -0.690. The van der Waals surface area contributed by atoms with Crippen molar-refractivity contribution in [3.63, 3.8) is 0 Å². The molecule has 15 heavy (non-hydrogen) atoms. The minimum atomic E-state index is -5.91. The van der Waals surface area contributed by atoms with Crippen molar-refractivity contribution in [2.45, 2.75) is 12.1 Å². The van der Waals surface area contributed by atoms with Crippen LogP contribution in [0.5, 0.6) is 0 Å². The van der Waals surface area contributed by atoms with E-state index in [4.69, 9.17) is 11.6 Å². The summed E-state index contributed by atoms with van der Waals surface area (Å²) >= 11 is 5.99. The standard InChI is InChI=1S/C7H2ClF5OS/c8-5-3(1-2-15-5)4(14)6(9,10)7(11,12)13/h1-2H. The Morgan fingerprint density at radius 3 is 2.13 bits per heavy atom. The summed E-state index contributed by atoms with van der Waals surface area (Å²) in [6, 6.07) is 0.828. The lowest BCUT2D eigenvalue weighted by atomic mass is 10.1. The molecule has 0 atom stereocenters. The quantitative estimate of drug-likeness (QED) is 0.587. The van der Waals surface area contributed by atoms with E-state index in [1.54, 1.807) is 0 Å². The molecule has 0 aliphatic rings. The fourth-order valence-electron chi connectivity index (χ4n) is 0.754. The van der Waals surface area contributed by atoms with Gasteiger partial charge < -0.3 is 0 Å². The molecule has 0 aliphatic heterocycles. The van der Waals surface area contributed by atoms with Gasteiger partial charge in [0.15, 0.2) is 0 Å². The Kier molecular flexibility index (Phi) is 3.06. The second-order valence-corrected chi connectivity index (χ2v) is 4.03. The van der Waals surface area contributed by atoms with Gasteiger partial charge >= 0.3 is 12.1 Å². The fourth-order valence-corrected chi connectivity index (χ4v) is 1.67. The van der Waals surface area contributed by atoms with Crippen molar-refractivity contribution >= 4 is 28.7 Å². The monoisotopic (exact) mass is 264 g/mol. The van der Waals surface area contributed by atoms with E-state index in [1.165, 1.54) is 0 Å². The first kappa shape index (κ1) is 12.4. The van der Waals surface area contributed by atoms with E-state index in [0.717, 1.165) is 11.4 Å². The normalized spacial score (nSPS) is 12.9. The second kappa shape index (κ2) is 3.71. The third kappa shape index (κ3) is 2.12. The largest absolute Gasteiger partial charge is 0.461 e. The van der Waals surface area contributed by atoms with Crippen LogP contribution in [-0.4, -0.2) is 17.9 Å². The SMILES string of the molecule is O=C(c1ccsc1Cl)C(F)(F)C(F)(F)F. The van der Waals surface area contributed by atoms with Crippen LogP contribution >= 0.6 is 22.9 Å².